The Morgan fingerprint density at radius 1 is 1.02 bits per heavy atom. The predicted molar refractivity (Wildman–Crippen MR) is 159 cm³/mol. The number of nitrogens with two attached hydrogens (primary N) is 1. The molecule has 5 N–H and O–H groups in total. The number of carbonyl (C=O) groups excluding carboxylic acids is 1. The summed E-state index contributed by atoms with van der Waals surface area (Å²) in [5.74, 6) is 1.21. The molecule has 1 aromatic heterocycles. The number of halogens is 1. The number of rotatable bonds is 19. The van der Waals surface area contributed by atoms with Gasteiger partial charge in [0.2, 0.25) is 23.8 Å². The average Bonchev–Trinajstić information content (AvgIpc) is 3.52. The van der Waals surface area contributed by atoms with E-state index in [2.05, 4.69) is 35.8 Å². The Morgan fingerprint density at radius 2 is 1.73 bits per heavy atom. The number of aromatic nitrogens is 3. The highest BCUT2D eigenvalue weighted by Gasteiger charge is 2.17. The van der Waals surface area contributed by atoms with Crippen LogP contribution in [-0.2, 0) is 20.8 Å². The molecule has 1 saturated heterocycles. The van der Waals surface area contributed by atoms with E-state index in [0.717, 1.165) is 43.5 Å². The molecule has 0 unspecified atom stereocenters. The van der Waals surface area contributed by atoms with Crippen LogP contribution in [0.5, 0.6) is 0 Å². The van der Waals surface area contributed by atoms with Crippen LogP contribution in [0, 0.1) is 5.82 Å². The molecule has 0 atom stereocenters. The summed E-state index contributed by atoms with van der Waals surface area (Å²) >= 11 is 0. The quantitative estimate of drug-likeness (QED) is 0.147. The van der Waals surface area contributed by atoms with E-state index in [1.807, 2.05) is 25.2 Å². The Kier molecular flexibility index (Phi) is 14.5. The number of hydrogen-bond acceptors (Lipinski definition) is 10. The third kappa shape index (κ3) is 12.6. The first-order valence-corrected chi connectivity index (χ1v) is 14.3. The van der Waals surface area contributed by atoms with Crippen LogP contribution in [-0.4, -0.2) is 80.0 Å². The van der Waals surface area contributed by atoms with Crippen molar-refractivity contribution in [3.63, 3.8) is 0 Å². The van der Waals surface area contributed by atoms with Gasteiger partial charge in [0.05, 0.1) is 32.8 Å². The van der Waals surface area contributed by atoms with Crippen molar-refractivity contribution in [2.45, 2.75) is 39.2 Å². The summed E-state index contributed by atoms with van der Waals surface area (Å²) < 4.78 is 23.9. The minimum atomic E-state index is -0.270. The van der Waals surface area contributed by atoms with Crippen molar-refractivity contribution < 1.29 is 18.7 Å². The summed E-state index contributed by atoms with van der Waals surface area (Å²) in [5.41, 5.74) is 7.22. The summed E-state index contributed by atoms with van der Waals surface area (Å²) in [6, 6.07) is 6.32. The summed E-state index contributed by atoms with van der Waals surface area (Å²) in [7, 11) is 0. The predicted octanol–water partition coefficient (Wildman–Crippen LogP) is 3.03. The Morgan fingerprint density at radius 3 is 2.44 bits per heavy atom. The van der Waals surface area contributed by atoms with E-state index < -0.39 is 0 Å². The lowest BCUT2D eigenvalue weighted by Gasteiger charge is -2.17. The van der Waals surface area contributed by atoms with Gasteiger partial charge in [0.25, 0.3) is 0 Å². The highest BCUT2D eigenvalue weighted by Crippen LogP contribution is 2.19. The Balaban J connectivity index is 1.49. The highest BCUT2D eigenvalue weighted by atomic mass is 19.1. The molecule has 1 amide bonds. The molecule has 11 nitrogen and oxygen atoms in total. The minimum Gasteiger partial charge on any atom is -0.378 e. The Labute approximate surface area is 241 Å². The van der Waals surface area contributed by atoms with Crippen LogP contribution in [0.3, 0.4) is 0 Å². The van der Waals surface area contributed by atoms with E-state index >= 15 is 0 Å². The van der Waals surface area contributed by atoms with Gasteiger partial charge in [-0.15, -0.1) is 0 Å². The molecule has 0 spiro atoms. The second-order valence-electron chi connectivity index (χ2n) is 9.47. The maximum Gasteiger partial charge on any atom is 0.231 e. The van der Waals surface area contributed by atoms with Crippen LogP contribution in [0.1, 0.15) is 38.2 Å². The average molecular weight is 571 g/mol. The fourth-order valence-corrected chi connectivity index (χ4v) is 4.10. The van der Waals surface area contributed by atoms with Gasteiger partial charge in [-0.1, -0.05) is 37.3 Å². The fraction of sp³-hybridized carbons (Fsp3) is 0.517. The molecule has 224 valence electrons. The number of anilines is 3. The topological polar surface area (TPSA) is 140 Å². The molecule has 1 aliphatic rings. The van der Waals surface area contributed by atoms with Gasteiger partial charge < -0.3 is 36.1 Å². The number of nitrogens with zero attached hydrogens (tertiary/aromatic N) is 4. The van der Waals surface area contributed by atoms with Gasteiger partial charge >= 0.3 is 0 Å². The first-order chi connectivity index (χ1) is 20.1. The van der Waals surface area contributed by atoms with Gasteiger partial charge in [-0.05, 0) is 42.5 Å². The van der Waals surface area contributed by atoms with E-state index in [1.165, 1.54) is 12.1 Å². The summed E-state index contributed by atoms with van der Waals surface area (Å²) in [4.78, 5) is 28.3. The molecule has 0 radical (unpaired) electrons. The summed E-state index contributed by atoms with van der Waals surface area (Å²) in [6.45, 7) is 7.63. The van der Waals surface area contributed by atoms with Crippen LogP contribution < -0.4 is 26.6 Å². The smallest absolute Gasteiger partial charge is 0.231 e. The molecular formula is C29H43FN8O3. The zero-order valence-corrected chi connectivity index (χ0v) is 23.9. The third-order valence-electron chi connectivity index (χ3n) is 6.12. The molecule has 3 rings (SSSR count). The highest BCUT2D eigenvalue weighted by molar-refractivity contribution is 5.79. The molecular weight excluding hydrogens is 527 g/mol. The Hall–Kier alpha value is -3.61. The van der Waals surface area contributed by atoms with Crippen molar-refractivity contribution in [1.29, 1.82) is 0 Å². The molecule has 0 saturated carbocycles. The molecule has 2 heterocycles. The maximum absolute atomic E-state index is 13.2. The number of benzene rings is 1. The number of amides is 1. The van der Waals surface area contributed by atoms with Crippen LogP contribution in [0.15, 0.2) is 48.1 Å². The molecule has 0 bridgehead atoms. The first kappa shape index (κ1) is 31.9. The van der Waals surface area contributed by atoms with Gasteiger partial charge in [-0.2, -0.15) is 15.0 Å². The van der Waals surface area contributed by atoms with E-state index in [4.69, 9.17) is 15.2 Å². The second-order valence-corrected chi connectivity index (χ2v) is 9.47. The number of nitrogens with one attached hydrogen (secondary N) is 3. The third-order valence-corrected chi connectivity index (χ3v) is 6.12. The normalized spacial score (nSPS) is 13.6. The van der Waals surface area contributed by atoms with Gasteiger partial charge in [-0.25, -0.2) is 4.39 Å². The largest absolute Gasteiger partial charge is 0.378 e. The second kappa shape index (κ2) is 18.7. The monoisotopic (exact) mass is 570 g/mol. The van der Waals surface area contributed by atoms with E-state index in [1.54, 1.807) is 12.1 Å². The molecule has 0 aliphatic carbocycles. The van der Waals surface area contributed by atoms with E-state index in [-0.39, 0.29) is 18.1 Å². The van der Waals surface area contributed by atoms with Crippen molar-refractivity contribution >= 4 is 23.8 Å². The molecule has 41 heavy (non-hydrogen) atoms. The van der Waals surface area contributed by atoms with Crippen molar-refractivity contribution in [2.75, 3.05) is 74.7 Å². The number of carbonyl (C=O) groups is 1. The van der Waals surface area contributed by atoms with Gasteiger partial charge in [0.1, 0.15) is 5.82 Å². The first-order valence-electron chi connectivity index (χ1n) is 14.3. The van der Waals surface area contributed by atoms with Crippen LogP contribution in [0.4, 0.5) is 22.2 Å². The van der Waals surface area contributed by atoms with Crippen LogP contribution in [0.25, 0.3) is 0 Å². The zero-order valence-electron chi connectivity index (χ0n) is 23.9. The van der Waals surface area contributed by atoms with E-state index in [0.29, 0.717) is 70.5 Å². The molecule has 2 aromatic rings. The lowest BCUT2D eigenvalue weighted by Crippen LogP contribution is -2.27. The Bertz CT molecular complexity index is 1110. The molecule has 1 aliphatic heterocycles. The van der Waals surface area contributed by atoms with Gasteiger partial charge in [0, 0.05) is 39.3 Å². The fourth-order valence-electron chi connectivity index (χ4n) is 4.10. The standard InChI is InChI=1S/C29H43FN8O3/c1-2-6-23(21-26(39)32-14-18-41-20-19-40-17-12-31)7-5-13-33-27-35-28(34-22-24-8-10-25(30)11-9-24)37-29(36-27)38-15-3-4-16-38/h5-11H,2-4,12-22,31H2,1H3,(H,32,39)(H2,33,34,35,36,37)/b7-5-,23-6+. The molecule has 1 aromatic carbocycles. The maximum atomic E-state index is 13.2. The van der Waals surface area contributed by atoms with E-state index in [9.17, 15) is 9.18 Å². The molecule has 1 fully saturated rings. The number of hydrogen-bond donors (Lipinski definition) is 4. The van der Waals surface area contributed by atoms with Crippen molar-refractivity contribution in [3.8, 4) is 0 Å². The summed E-state index contributed by atoms with van der Waals surface area (Å²) in [5, 5.41) is 9.35. The van der Waals surface area contributed by atoms with Gasteiger partial charge in [0.15, 0.2) is 0 Å². The van der Waals surface area contributed by atoms with Gasteiger partial charge in [-0.3, -0.25) is 4.79 Å². The zero-order chi connectivity index (χ0) is 29.1. The van der Waals surface area contributed by atoms with Crippen molar-refractivity contribution in [2.24, 2.45) is 5.73 Å². The lowest BCUT2D eigenvalue weighted by atomic mass is 10.1. The minimum absolute atomic E-state index is 0.0603. The summed E-state index contributed by atoms with van der Waals surface area (Å²) in [6.07, 6.45) is 9.24. The van der Waals surface area contributed by atoms with Crippen LogP contribution in [0.2, 0.25) is 0 Å². The van der Waals surface area contributed by atoms with Crippen molar-refractivity contribution in [1.82, 2.24) is 20.3 Å². The number of allylic oxidation sites excluding steroid dienone is 2. The lowest BCUT2D eigenvalue weighted by molar-refractivity contribution is -0.120. The SMILES string of the molecule is CC/C=C(\C=C/CNc1nc(NCc2ccc(F)cc2)nc(N2CCCC2)n1)CC(=O)NCCOCCOCCN. The van der Waals surface area contributed by atoms with Crippen LogP contribution >= 0.6 is 0 Å². The van der Waals surface area contributed by atoms with Crippen molar-refractivity contribution in [3.05, 3.63) is 59.4 Å². The number of ether oxygens (including phenoxy) is 2. The molecule has 12 heteroatoms.